The minimum atomic E-state index is -0.212. The van der Waals surface area contributed by atoms with Gasteiger partial charge in [0.15, 0.2) is 0 Å². The zero-order chi connectivity index (χ0) is 15.9. The Balaban J connectivity index is 0. The van der Waals surface area contributed by atoms with E-state index in [1.54, 1.807) is 0 Å². The fourth-order valence-electron chi connectivity index (χ4n) is 2.69. The first kappa shape index (κ1) is 24.0. The minimum absolute atomic E-state index is 0. The molecule has 2 atom stereocenters. The lowest BCUT2D eigenvalue weighted by Crippen LogP contribution is -2.45. The SMILES string of the molecule is CCCCCCCCCCCCNC(C(N)=O)C(C)CC.Cl. The van der Waals surface area contributed by atoms with E-state index in [0.717, 1.165) is 19.4 Å². The number of primary amides is 1. The van der Waals surface area contributed by atoms with Crippen LogP contribution in [0.4, 0.5) is 0 Å². The van der Waals surface area contributed by atoms with Crippen molar-refractivity contribution in [2.45, 2.75) is 97.4 Å². The highest BCUT2D eigenvalue weighted by molar-refractivity contribution is 5.85. The summed E-state index contributed by atoms with van der Waals surface area (Å²) >= 11 is 0. The molecular weight excluding hydrogens is 296 g/mol. The lowest BCUT2D eigenvalue weighted by Gasteiger charge is -2.21. The first-order chi connectivity index (χ1) is 10.1. The van der Waals surface area contributed by atoms with Gasteiger partial charge in [-0.05, 0) is 18.9 Å². The Bertz CT molecular complexity index is 249. The van der Waals surface area contributed by atoms with Crippen molar-refractivity contribution >= 4 is 18.3 Å². The van der Waals surface area contributed by atoms with Gasteiger partial charge in [0, 0.05) is 0 Å². The molecule has 4 heteroatoms. The van der Waals surface area contributed by atoms with Crippen molar-refractivity contribution in [3.8, 4) is 0 Å². The van der Waals surface area contributed by atoms with Gasteiger partial charge >= 0.3 is 0 Å². The van der Waals surface area contributed by atoms with Crippen molar-refractivity contribution < 1.29 is 4.79 Å². The van der Waals surface area contributed by atoms with Gasteiger partial charge in [0.2, 0.25) is 5.91 Å². The number of halogens is 1. The van der Waals surface area contributed by atoms with Crippen molar-refractivity contribution in [1.29, 1.82) is 0 Å². The highest BCUT2D eigenvalue weighted by Gasteiger charge is 2.20. The Kier molecular flexibility index (Phi) is 18.6. The van der Waals surface area contributed by atoms with Crippen LogP contribution in [0.1, 0.15) is 91.4 Å². The van der Waals surface area contributed by atoms with E-state index in [2.05, 4.69) is 26.1 Å². The zero-order valence-electron chi connectivity index (χ0n) is 15.0. The molecule has 1 amide bonds. The molecule has 0 radical (unpaired) electrons. The number of hydrogen-bond donors (Lipinski definition) is 2. The predicted octanol–water partition coefficient (Wildman–Crippen LogP) is 4.82. The van der Waals surface area contributed by atoms with E-state index in [1.807, 2.05) is 0 Å². The van der Waals surface area contributed by atoms with Gasteiger partial charge in [-0.25, -0.2) is 0 Å². The first-order valence-electron chi connectivity index (χ1n) is 9.16. The summed E-state index contributed by atoms with van der Waals surface area (Å²) in [5.41, 5.74) is 5.44. The second-order valence-electron chi connectivity index (χ2n) is 6.40. The van der Waals surface area contributed by atoms with Crippen LogP contribution in [0, 0.1) is 5.92 Å². The normalized spacial score (nSPS) is 13.4. The predicted molar refractivity (Wildman–Crippen MR) is 99.5 cm³/mol. The average molecular weight is 335 g/mol. The number of nitrogens with one attached hydrogen (secondary N) is 1. The first-order valence-corrected chi connectivity index (χ1v) is 9.16. The molecule has 0 saturated carbocycles. The van der Waals surface area contributed by atoms with Crippen molar-refractivity contribution in [3.05, 3.63) is 0 Å². The molecular formula is C18H39ClN2O. The molecule has 0 aromatic rings. The molecule has 3 N–H and O–H groups in total. The maximum atomic E-state index is 11.4. The van der Waals surface area contributed by atoms with Crippen molar-refractivity contribution in [2.75, 3.05) is 6.54 Å². The molecule has 0 fully saturated rings. The highest BCUT2D eigenvalue weighted by atomic mass is 35.5. The topological polar surface area (TPSA) is 55.1 Å². The molecule has 134 valence electrons. The summed E-state index contributed by atoms with van der Waals surface area (Å²) in [7, 11) is 0. The lowest BCUT2D eigenvalue weighted by molar-refractivity contribution is -0.121. The standard InChI is InChI=1S/C18H38N2O.ClH/c1-4-6-7-8-9-10-11-12-13-14-15-20-17(18(19)21)16(3)5-2;/h16-17,20H,4-15H2,1-3H3,(H2,19,21);1H. The Morgan fingerprint density at radius 2 is 1.36 bits per heavy atom. The molecule has 0 aromatic carbocycles. The summed E-state index contributed by atoms with van der Waals surface area (Å²) in [6.45, 7) is 7.36. The van der Waals surface area contributed by atoms with Gasteiger partial charge in [-0.2, -0.15) is 0 Å². The van der Waals surface area contributed by atoms with Gasteiger partial charge in [-0.3, -0.25) is 4.79 Å². The minimum Gasteiger partial charge on any atom is -0.368 e. The molecule has 0 spiro atoms. The van der Waals surface area contributed by atoms with Crippen LogP contribution in [0.3, 0.4) is 0 Å². The number of nitrogens with two attached hydrogens (primary N) is 1. The van der Waals surface area contributed by atoms with E-state index in [0.29, 0.717) is 5.92 Å². The van der Waals surface area contributed by atoms with Crippen molar-refractivity contribution in [3.63, 3.8) is 0 Å². The highest BCUT2D eigenvalue weighted by Crippen LogP contribution is 2.11. The Hall–Kier alpha value is -0.280. The van der Waals surface area contributed by atoms with E-state index in [1.165, 1.54) is 57.8 Å². The van der Waals surface area contributed by atoms with Gasteiger partial charge in [0.25, 0.3) is 0 Å². The fraction of sp³-hybridized carbons (Fsp3) is 0.944. The van der Waals surface area contributed by atoms with Gasteiger partial charge in [-0.1, -0.05) is 85.0 Å². The number of amides is 1. The number of unbranched alkanes of at least 4 members (excludes halogenated alkanes) is 9. The molecule has 0 aliphatic rings. The molecule has 0 rings (SSSR count). The van der Waals surface area contributed by atoms with Crippen LogP contribution < -0.4 is 11.1 Å². The molecule has 0 aliphatic carbocycles. The number of carbonyl (C=O) groups excluding carboxylic acids is 1. The number of carbonyl (C=O) groups is 1. The molecule has 3 nitrogen and oxygen atoms in total. The Labute approximate surface area is 144 Å². The zero-order valence-corrected chi connectivity index (χ0v) is 15.9. The van der Waals surface area contributed by atoms with Gasteiger partial charge < -0.3 is 11.1 Å². The summed E-state index contributed by atoms with van der Waals surface area (Å²) in [4.78, 5) is 11.4. The molecule has 0 bridgehead atoms. The quantitative estimate of drug-likeness (QED) is 0.422. The lowest BCUT2D eigenvalue weighted by atomic mass is 9.98. The largest absolute Gasteiger partial charge is 0.368 e. The van der Waals surface area contributed by atoms with Gasteiger partial charge in [-0.15, -0.1) is 12.4 Å². The summed E-state index contributed by atoms with van der Waals surface area (Å²) < 4.78 is 0. The third-order valence-electron chi connectivity index (χ3n) is 4.41. The van der Waals surface area contributed by atoms with Crippen LogP contribution in [0.15, 0.2) is 0 Å². The van der Waals surface area contributed by atoms with E-state index in [-0.39, 0.29) is 24.4 Å². The van der Waals surface area contributed by atoms with E-state index >= 15 is 0 Å². The van der Waals surface area contributed by atoms with Crippen LogP contribution in [-0.2, 0) is 4.79 Å². The van der Waals surface area contributed by atoms with E-state index in [4.69, 9.17) is 5.73 Å². The average Bonchev–Trinajstić information content (AvgIpc) is 2.47. The second kappa shape index (κ2) is 17.1. The number of rotatable bonds is 15. The monoisotopic (exact) mass is 334 g/mol. The van der Waals surface area contributed by atoms with Crippen LogP contribution in [-0.4, -0.2) is 18.5 Å². The van der Waals surface area contributed by atoms with Crippen LogP contribution >= 0.6 is 12.4 Å². The van der Waals surface area contributed by atoms with E-state index < -0.39 is 0 Å². The molecule has 22 heavy (non-hydrogen) atoms. The maximum Gasteiger partial charge on any atom is 0.234 e. The van der Waals surface area contributed by atoms with Gasteiger partial charge in [0.05, 0.1) is 6.04 Å². The van der Waals surface area contributed by atoms with E-state index in [9.17, 15) is 4.79 Å². The van der Waals surface area contributed by atoms with Gasteiger partial charge in [0.1, 0.15) is 0 Å². The third kappa shape index (κ3) is 13.4. The van der Waals surface area contributed by atoms with Crippen molar-refractivity contribution in [1.82, 2.24) is 5.32 Å². The summed E-state index contributed by atoms with van der Waals surface area (Å²) in [5.74, 6) is 0.113. The molecule has 0 heterocycles. The van der Waals surface area contributed by atoms with Crippen LogP contribution in [0.5, 0.6) is 0 Å². The van der Waals surface area contributed by atoms with Crippen molar-refractivity contribution in [2.24, 2.45) is 11.7 Å². The fourth-order valence-corrected chi connectivity index (χ4v) is 2.69. The van der Waals surface area contributed by atoms with Crippen LogP contribution in [0.25, 0.3) is 0 Å². The molecule has 0 saturated heterocycles. The molecule has 2 unspecified atom stereocenters. The molecule has 0 aromatic heterocycles. The summed E-state index contributed by atoms with van der Waals surface area (Å²) in [6.07, 6.45) is 14.4. The molecule has 0 aliphatic heterocycles. The third-order valence-corrected chi connectivity index (χ3v) is 4.41. The van der Waals surface area contributed by atoms with Crippen LogP contribution in [0.2, 0.25) is 0 Å². The Morgan fingerprint density at radius 3 is 1.77 bits per heavy atom. The summed E-state index contributed by atoms with van der Waals surface area (Å²) in [5, 5.41) is 3.32. The summed E-state index contributed by atoms with van der Waals surface area (Å²) in [6, 6.07) is -0.159. The Morgan fingerprint density at radius 1 is 0.909 bits per heavy atom. The maximum absolute atomic E-state index is 11.4. The second-order valence-corrected chi connectivity index (χ2v) is 6.40. The smallest absolute Gasteiger partial charge is 0.234 e. The number of hydrogen-bond acceptors (Lipinski definition) is 2.